The van der Waals surface area contributed by atoms with Crippen LogP contribution >= 0.6 is 0 Å². The molecule has 1 amide bonds. The van der Waals surface area contributed by atoms with Crippen molar-refractivity contribution in [3.63, 3.8) is 0 Å². The number of carbonyl (C=O) groups is 1. The third-order valence-electron chi connectivity index (χ3n) is 6.03. The predicted molar refractivity (Wildman–Crippen MR) is 109 cm³/mol. The molecule has 2 aliphatic rings. The Bertz CT molecular complexity index is 788. The maximum Gasteiger partial charge on any atom is 0.291 e. The van der Waals surface area contributed by atoms with Crippen molar-refractivity contribution in [2.24, 2.45) is 5.92 Å². The molecule has 0 saturated carbocycles. The zero-order chi connectivity index (χ0) is 19.5. The van der Waals surface area contributed by atoms with Crippen molar-refractivity contribution in [2.75, 3.05) is 52.9 Å². The van der Waals surface area contributed by atoms with Crippen molar-refractivity contribution in [2.45, 2.75) is 19.8 Å². The summed E-state index contributed by atoms with van der Waals surface area (Å²) in [6.45, 7) is 9.26. The molecule has 0 aliphatic carbocycles. The summed E-state index contributed by atoms with van der Waals surface area (Å²) < 4.78 is 5.86. The Balaban J connectivity index is 1.33. The van der Waals surface area contributed by atoms with Crippen molar-refractivity contribution in [3.05, 3.63) is 41.8 Å². The molecule has 2 aromatic rings. The highest BCUT2D eigenvalue weighted by Gasteiger charge is 2.29. The summed E-state index contributed by atoms with van der Waals surface area (Å²) in [5.41, 5.74) is 1.57. The topological polar surface area (TPSA) is 52.8 Å². The molecule has 2 aliphatic heterocycles. The standard InChI is InChI=1S/C22H30N4O2/c1-17-20(28-21(23-17)19-6-4-3-5-7-19)22(27)26-10-8-18(9-11-26)16-25-14-12-24(2)13-15-25/h3-7,18H,8-16H2,1-2H3. The Morgan fingerprint density at radius 3 is 2.43 bits per heavy atom. The van der Waals surface area contributed by atoms with Gasteiger partial charge in [0.05, 0.1) is 5.69 Å². The number of rotatable bonds is 4. The first-order chi connectivity index (χ1) is 13.6. The Labute approximate surface area is 167 Å². The van der Waals surface area contributed by atoms with Crippen LogP contribution in [0.3, 0.4) is 0 Å². The number of nitrogens with zero attached hydrogens (tertiary/aromatic N) is 4. The highest BCUT2D eigenvalue weighted by Crippen LogP contribution is 2.25. The average Bonchev–Trinajstić information content (AvgIpc) is 3.12. The molecular weight excluding hydrogens is 352 g/mol. The van der Waals surface area contributed by atoms with Gasteiger partial charge < -0.3 is 19.1 Å². The summed E-state index contributed by atoms with van der Waals surface area (Å²) in [6.07, 6.45) is 2.13. The van der Waals surface area contributed by atoms with Crippen LogP contribution in [0.5, 0.6) is 0 Å². The number of oxazole rings is 1. The van der Waals surface area contributed by atoms with Crippen molar-refractivity contribution >= 4 is 5.91 Å². The fourth-order valence-corrected chi connectivity index (χ4v) is 4.16. The number of aryl methyl sites for hydroxylation is 1. The van der Waals surface area contributed by atoms with Gasteiger partial charge in [-0.05, 0) is 44.9 Å². The molecule has 28 heavy (non-hydrogen) atoms. The number of likely N-dealkylation sites (tertiary alicyclic amines) is 1. The molecule has 0 radical (unpaired) electrons. The Kier molecular flexibility index (Phi) is 5.78. The van der Waals surface area contributed by atoms with Crippen LogP contribution in [-0.2, 0) is 0 Å². The van der Waals surface area contributed by atoms with Crippen molar-refractivity contribution in [1.82, 2.24) is 19.7 Å². The van der Waals surface area contributed by atoms with Crippen LogP contribution in [0.2, 0.25) is 0 Å². The molecular formula is C22H30N4O2. The molecule has 0 N–H and O–H groups in total. The molecule has 0 bridgehead atoms. The molecule has 1 aromatic heterocycles. The third kappa shape index (κ3) is 4.28. The molecule has 150 valence electrons. The average molecular weight is 383 g/mol. The summed E-state index contributed by atoms with van der Waals surface area (Å²) in [4.78, 5) is 24.3. The van der Waals surface area contributed by atoms with Crippen molar-refractivity contribution in [3.8, 4) is 11.5 Å². The second-order valence-electron chi connectivity index (χ2n) is 8.14. The quantitative estimate of drug-likeness (QED) is 0.814. The van der Waals surface area contributed by atoms with Crippen LogP contribution < -0.4 is 0 Å². The number of amides is 1. The molecule has 1 aromatic carbocycles. The van der Waals surface area contributed by atoms with Crippen LogP contribution in [0.4, 0.5) is 0 Å². The normalized spacial score (nSPS) is 19.9. The summed E-state index contributed by atoms with van der Waals surface area (Å²) in [6, 6.07) is 9.74. The molecule has 2 fully saturated rings. The van der Waals surface area contributed by atoms with Crippen LogP contribution in [0.25, 0.3) is 11.5 Å². The highest BCUT2D eigenvalue weighted by molar-refractivity contribution is 5.93. The number of piperidine rings is 1. The van der Waals surface area contributed by atoms with Crippen LogP contribution in [-0.4, -0.2) is 78.5 Å². The van der Waals surface area contributed by atoms with E-state index >= 15 is 0 Å². The van der Waals surface area contributed by atoms with Crippen LogP contribution in [0.15, 0.2) is 34.7 Å². The Morgan fingerprint density at radius 2 is 1.75 bits per heavy atom. The van der Waals surface area contributed by atoms with Crippen molar-refractivity contribution in [1.29, 1.82) is 0 Å². The molecule has 0 unspecified atom stereocenters. The number of benzene rings is 1. The van der Waals surface area contributed by atoms with E-state index in [0.717, 1.165) is 64.2 Å². The van der Waals surface area contributed by atoms with Gasteiger partial charge in [-0.3, -0.25) is 4.79 Å². The summed E-state index contributed by atoms with van der Waals surface area (Å²) >= 11 is 0. The second kappa shape index (κ2) is 8.45. The van der Waals surface area contributed by atoms with Gasteiger partial charge in [0.25, 0.3) is 5.91 Å². The maximum atomic E-state index is 13.0. The number of piperazine rings is 1. The fraction of sp³-hybridized carbons (Fsp3) is 0.545. The number of likely N-dealkylation sites (N-methyl/N-ethyl adjacent to an activating group) is 1. The molecule has 0 spiro atoms. The minimum atomic E-state index is -0.0229. The summed E-state index contributed by atoms with van der Waals surface area (Å²) in [5, 5.41) is 0. The van der Waals surface area contributed by atoms with Gasteiger partial charge in [0.15, 0.2) is 0 Å². The number of hydrogen-bond donors (Lipinski definition) is 0. The maximum absolute atomic E-state index is 13.0. The minimum absolute atomic E-state index is 0.0229. The van der Waals surface area contributed by atoms with Crippen LogP contribution in [0, 0.1) is 12.8 Å². The van der Waals surface area contributed by atoms with E-state index in [9.17, 15) is 4.79 Å². The zero-order valence-electron chi connectivity index (χ0n) is 16.9. The monoisotopic (exact) mass is 382 g/mol. The lowest BCUT2D eigenvalue weighted by atomic mass is 9.95. The Hall–Kier alpha value is -2.18. The number of carbonyl (C=O) groups excluding carboxylic acids is 1. The van der Waals surface area contributed by atoms with E-state index in [4.69, 9.17) is 4.42 Å². The van der Waals surface area contributed by atoms with Crippen LogP contribution in [0.1, 0.15) is 29.1 Å². The van der Waals surface area contributed by atoms with E-state index in [1.807, 2.05) is 42.2 Å². The van der Waals surface area contributed by atoms with E-state index in [-0.39, 0.29) is 5.91 Å². The van der Waals surface area contributed by atoms with E-state index in [1.54, 1.807) is 0 Å². The molecule has 4 rings (SSSR count). The number of hydrogen-bond acceptors (Lipinski definition) is 5. The lowest BCUT2D eigenvalue weighted by Crippen LogP contribution is -2.48. The van der Waals surface area contributed by atoms with Gasteiger partial charge in [-0.2, -0.15) is 0 Å². The van der Waals surface area contributed by atoms with E-state index in [2.05, 4.69) is 21.8 Å². The molecule has 0 atom stereocenters. The fourth-order valence-electron chi connectivity index (χ4n) is 4.16. The first-order valence-corrected chi connectivity index (χ1v) is 10.3. The predicted octanol–water partition coefficient (Wildman–Crippen LogP) is 2.75. The molecule has 3 heterocycles. The van der Waals surface area contributed by atoms with E-state index < -0.39 is 0 Å². The molecule has 6 heteroatoms. The van der Waals surface area contributed by atoms with Gasteiger partial charge in [-0.15, -0.1) is 0 Å². The van der Waals surface area contributed by atoms with Gasteiger partial charge in [-0.1, -0.05) is 18.2 Å². The van der Waals surface area contributed by atoms with Gasteiger partial charge in [-0.25, -0.2) is 4.98 Å². The minimum Gasteiger partial charge on any atom is -0.431 e. The van der Waals surface area contributed by atoms with E-state index in [0.29, 0.717) is 23.3 Å². The summed E-state index contributed by atoms with van der Waals surface area (Å²) in [5.74, 6) is 1.57. The van der Waals surface area contributed by atoms with Gasteiger partial charge in [0, 0.05) is 51.4 Å². The first-order valence-electron chi connectivity index (χ1n) is 10.3. The van der Waals surface area contributed by atoms with Gasteiger partial charge >= 0.3 is 0 Å². The molecule has 2 saturated heterocycles. The van der Waals surface area contributed by atoms with Crippen molar-refractivity contribution < 1.29 is 9.21 Å². The van der Waals surface area contributed by atoms with E-state index in [1.165, 1.54) is 0 Å². The third-order valence-corrected chi connectivity index (χ3v) is 6.03. The smallest absolute Gasteiger partial charge is 0.291 e. The van der Waals surface area contributed by atoms with Gasteiger partial charge in [0.2, 0.25) is 11.7 Å². The lowest BCUT2D eigenvalue weighted by Gasteiger charge is -2.37. The zero-order valence-corrected chi connectivity index (χ0v) is 16.9. The summed E-state index contributed by atoms with van der Waals surface area (Å²) in [7, 11) is 2.19. The lowest BCUT2D eigenvalue weighted by molar-refractivity contribution is 0.0614. The first kappa shape index (κ1) is 19.2. The highest BCUT2D eigenvalue weighted by atomic mass is 16.4. The number of aromatic nitrogens is 1. The molecule has 6 nitrogen and oxygen atoms in total. The Morgan fingerprint density at radius 1 is 1.07 bits per heavy atom. The van der Waals surface area contributed by atoms with Gasteiger partial charge in [0.1, 0.15) is 0 Å². The second-order valence-corrected chi connectivity index (χ2v) is 8.14. The SMILES string of the molecule is Cc1nc(-c2ccccc2)oc1C(=O)N1CCC(CN2CCN(C)CC2)CC1. The largest absolute Gasteiger partial charge is 0.431 e.